The lowest BCUT2D eigenvalue weighted by Gasteiger charge is -2.62. The minimum atomic E-state index is -4.50. The Balaban J connectivity index is 1.37. The topological polar surface area (TPSA) is 70.0 Å². The molecule has 2 bridgehead atoms. The summed E-state index contributed by atoms with van der Waals surface area (Å²) >= 11 is 0. The van der Waals surface area contributed by atoms with Crippen LogP contribution in [0.25, 0.3) is 6.08 Å². The Morgan fingerprint density at radius 1 is 1.19 bits per heavy atom. The van der Waals surface area contributed by atoms with Crippen LogP contribution in [0.2, 0.25) is 0 Å². The molecule has 2 N–H and O–H groups in total. The van der Waals surface area contributed by atoms with Crippen molar-refractivity contribution in [3.8, 4) is 11.5 Å². The second kappa shape index (κ2) is 7.13. The van der Waals surface area contributed by atoms with Crippen molar-refractivity contribution in [2.45, 2.75) is 61.4 Å². The van der Waals surface area contributed by atoms with E-state index in [0.717, 1.165) is 36.3 Å². The molecular weight excluding hydrogens is 471 g/mol. The van der Waals surface area contributed by atoms with E-state index in [-0.39, 0.29) is 40.9 Å². The number of hydrogen-bond acceptors (Lipinski definition) is 5. The normalized spacial score (nSPS) is 34.0. The number of carbonyl (C=O) groups excluding carboxylic acids is 1. The molecule has 5 nitrogen and oxygen atoms in total. The minimum Gasteiger partial charge on any atom is -0.504 e. The predicted octanol–water partition coefficient (Wildman–Crippen LogP) is 4.24. The number of phenolic OH excluding ortho intramolecular Hbond substituents is 1. The van der Waals surface area contributed by atoms with Gasteiger partial charge in [-0.3, -0.25) is 9.69 Å². The molecule has 8 heteroatoms. The highest BCUT2D eigenvalue weighted by molar-refractivity contribution is 6.06. The molecule has 7 rings (SSSR count). The van der Waals surface area contributed by atoms with Crippen LogP contribution >= 0.6 is 0 Å². The smallest absolute Gasteiger partial charge is 0.416 e. The van der Waals surface area contributed by atoms with Crippen LogP contribution in [-0.4, -0.2) is 51.7 Å². The van der Waals surface area contributed by atoms with Gasteiger partial charge >= 0.3 is 6.18 Å². The van der Waals surface area contributed by atoms with Crippen molar-refractivity contribution in [2.24, 2.45) is 5.92 Å². The number of phenols is 1. The number of carbonyl (C=O) groups is 1. The van der Waals surface area contributed by atoms with Gasteiger partial charge in [-0.2, -0.15) is 13.2 Å². The van der Waals surface area contributed by atoms with E-state index in [1.54, 1.807) is 6.07 Å². The summed E-state index contributed by atoms with van der Waals surface area (Å²) in [5.74, 6) is 0.476. The predicted molar refractivity (Wildman–Crippen MR) is 125 cm³/mol. The second-order valence-electron chi connectivity index (χ2n) is 11.1. The van der Waals surface area contributed by atoms with Gasteiger partial charge in [0.05, 0.1) is 16.6 Å². The molecule has 188 valence electrons. The van der Waals surface area contributed by atoms with Crippen molar-refractivity contribution in [1.29, 1.82) is 0 Å². The van der Waals surface area contributed by atoms with Crippen LogP contribution in [0.1, 0.15) is 47.9 Å². The quantitative estimate of drug-likeness (QED) is 0.621. The van der Waals surface area contributed by atoms with Crippen molar-refractivity contribution in [3.05, 3.63) is 64.2 Å². The van der Waals surface area contributed by atoms with E-state index in [4.69, 9.17) is 4.74 Å². The number of hydrogen-bond donors (Lipinski definition) is 2. The Labute approximate surface area is 206 Å². The largest absolute Gasteiger partial charge is 0.504 e. The van der Waals surface area contributed by atoms with Gasteiger partial charge in [-0.1, -0.05) is 18.2 Å². The molecule has 0 radical (unpaired) electrons. The van der Waals surface area contributed by atoms with Gasteiger partial charge in [0, 0.05) is 30.1 Å². The van der Waals surface area contributed by atoms with Gasteiger partial charge in [0.25, 0.3) is 0 Å². The first kappa shape index (κ1) is 22.4. The number of aliphatic hydroxyl groups is 1. The first-order chi connectivity index (χ1) is 17.1. The van der Waals surface area contributed by atoms with Crippen LogP contribution < -0.4 is 4.74 Å². The van der Waals surface area contributed by atoms with Gasteiger partial charge in [-0.05, 0) is 73.5 Å². The fourth-order valence-electron chi connectivity index (χ4n) is 7.32. The maximum absolute atomic E-state index is 13.8. The lowest BCUT2D eigenvalue weighted by molar-refractivity contribution is -0.179. The molecule has 0 amide bonds. The molecule has 2 aromatic rings. The lowest BCUT2D eigenvalue weighted by Crippen LogP contribution is -2.77. The molecule has 1 saturated heterocycles. The van der Waals surface area contributed by atoms with Gasteiger partial charge in [0.1, 0.15) is 0 Å². The minimum absolute atomic E-state index is 0.0301. The maximum atomic E-state index is 13.8. The zero-order valence-corrected chi connectivity index (χ0v) is 19.5. The third-order valence-electron chi connectivity index (χ3n) is 9.08. The SMILES string of the molecule is O=C1/C(=C/c2cccc(C(F)(F)F)c2)C[C@@]2(O)[C@H]3Cc4ccc(O)c5c4[C@@]2(CCN3CC2CC2)[C@H]1O5. The summed E-state index contributed by atoms with van der Waals surface area (Å²) in [6.45, 7) is 1.60. The molecule has 0 unspecified atom stereocenters. The highest BCUT2D eigenvalue weighted by Crippen LogP contribution is 2.65. The average Bonchev–Trinajstić information content (AvgIpc) is 3.56. The van der Waals surface area contributed by atoms with Gasteiger partial charge in [0.2, 0.25) is 0 Å². The summed E-state index contributed by atoms with van der Waals surface area (Å²) in [5.41, 5.74) is -0.893. The van der Waals surface area contributed by atoms with Crippen LogP contribution in [0.4, 0.5) is 13.2 Å². The molecule has 5 aliphatic rings. The molecular formula is C28H26F3NO4. The average molecular weight is 498 g/mol. The van der Waals surface area contributed by atoms with Gasteiger partial charge in [-0.15, -0.1) is 0 Å². The van der Waals surface area contributed by atoms with Crippen LogP contribution in [-0.2, 0) is 22.8 Å². The van der Waals surface area contributed by atoms with Crippen molar-refractivity contribution in [1.82, 2.24) is 4.90 Å². The Bertz CT molecular complexity index is 1330. The van der Waals surface area contributed by atoms with E-state index in [0.29, 0.717) is 18.8 Å². The molecule has 2 saturated carbocycles. The number of nitrogens with zero attached hydrogens (tertiary/aromatic N) is 1. The number of likely N-dealkylation sites (tertiary alicyclic amines) is 1. The fraction of sp³-hybridized carbons (Fsp3) is 0.464. The zero-order chi connectivity index (χ0) is 25.0. The van der Waals surface area contributed by atoms with E-state index in [1.807, 2.05) is 6.07 Å². The summed E-state index contributed by atoms with van der Waals surface area (Å²) in [6, 6.07) is 8.06. The van der Waals surface area contributed by atoms with E-state index < -0.39 is 28.9 Å². The molecule has 2 aromatic carbocycles. The number of Topliss-reactive ketones (excluding diaryl/α,β-unsaturated/α-hetero) is 1. The number of ether oxygens (including phenoxy) is 1. The number of alkyl halides is 3. The summed E-state index contributed by atoms with van der Waals surface area (Å²) in [5, 5.41) is 23.2. The van der Waals surface area contributed by atoms with Crippen molar-refractivity contribution < 1.29 is 32.9 Å². The third kappa shape index (κ3) is 2.88. The Hall–Kier alpha value is -2.84. The summed E-state index contributed by atoms with van der Waals surface area (Å²) in [7, 11) is 0. The van der Waals surface area contributed by atoms with Crippen LogP contribution in [0.3, 0.4) is 0 Å². The first-order valence-electron chi connectivity index (χ1n) is 12.5. The number of piperidine rings is 1. The molecule has 4 atom stereocenters. The van der Waals surface area contributed by atoms with Crippen molar-refractivity contribution in [2.75, 3.05) is 13.1 Å². The van der Waals surface area contributed by atoms with Crippen molar-refractivity contribution >= 4 is 11.9 Å². The zero-order valence-electron chi connectivity index (χ0n) is 19.5. The van der Waals surface area contributed by atoms with Gasteiger partial charge in [0.15, 0.2) is 23.4 Å². The van der Waals surface area contributed by atoms with E-state index in [2.05, 4.69) is 4.90 Å². The van der Waals surface area contributed by atoms with E-state index in [9.17, 15) is 28.2 Å². The first-order valence-corrected chi connectivity index (χ1v) is 12.5. The van der Waals surface area contributed by atoms with Gasteiger partial charge < -0.3 is 14.9 Å². The summed E-state index contributed by atoms with van der Waals surface area (Å²) in [4.78, 5) is 16.2. The van der Waals surface area contributed by atoms with Crippen LogP contribution in [0, 0.1) is 5.92 Å². The second-order valence-corrected chi connectivity index (χ2v) is 11.1. The standard InChI is InChI=1S/C28H26F3NO4/c29-28(30,31)19-3-1-2-16(11-19)10-18-13-27(35)21-12-17-6-7-20(33)24-22(17)26(27,25(36-24)23(18)34)8-9-32(21)14-15-4-5-15/h1-3,6-7,10-11,15,21,25,33,35H,4-5,8-9,12-14H2/b18-10+/t21-,25+,26+,27-/m1/s1. The fourth-order valence-corrected chi connectivity index (χ4v) is 7.32. The monoisotopic (exact) mass is 497 g/mol. The van der Waals surface area contributed by atoms with E-state index in [1.165, 1.54) is 31.1 Å². The number of halogens is 3. The molecule has 3 fully saturated rings. The Kier molecular flexibility index (Phi) is 4.43. The number of benzene rings is 2. The molecule has 3 aliphatic carbocycles. The lowest BCUT2D eigenvalue weighted by atomic mass is 9.48. The molecule has 2 aliphatic heterocycles. The maximum Gasteiger partial charge on any atom is 0.416 e. The molecule has 36 heavy (non-hydrogen) atoms. The molecule has 0 aromatic heterocycles. The van der Waals surface area contributed by atoms with Crippen LogP contribution in [0.15, 0.2) is 42.0 Å². The molecule has 1 spiro atoms. The Morgan fingerprint density at radius 2 is 2.00 bits per heavy atom. The van der Waals surface area contributed by atoms with Crippen LogP contribution in [0.5, 0.6) is 11.5 Å². The van der Waals surface area contributed by atoms with Gasteiger partial charge in [-0.25, -0.2) is 0 Å². The van der Waals surface area contributed by atoms with Crippen molar-refractivity contribution in [3.63, 3.8) is 0 Å². The summed E-state index contributed by atoms with van der Waals surface area (Å²) in [6.07, 6.45) is -0.605. The highest BCUT2D eigenvalue weighted by Gasteiger charge is 2.74. The number of rotatable bonds is 3. The third-order valence-corrected chi connectivity index (χ3v) is 9.08. The highest BCUT2D eigenvalue weighted by atomic mass is 19.4. The number of aromatic hydroxyl groups is 1. The molecule has 2 heterocycles. The summed E-state index contributed by atoms with van der Waals surface area (Å²) < 4.78 is 46.1. The Morgan fingerprint density at radius 3 is 2.75 bits per heavy atom. The van der Waals surface area contributed by atoms with E-state index >= 15 is 0 Å². The number of ketones is 1.